The first kappa shape index (κ1) is 20.0. The van der Waals surface area contributed by atoms with Gasteiger partial charge >= 0.3 is 11.8 Å². The number of benzene rings is 1. The molecule has 29 heavy (non-hydrogen) atoms. The van der Waals surface area contributed by atoms with Crippen LogP contribution in [0.4, 0.5) is 10.5 Å². The van der Waals surface area contributed by atoms with Crippen molar-refractivity contribution in [2.75, 3.05) is 25.5 Å². The highest BCUT2D eigenvalue weighted by Gasteiger charge is 2.41. The van der Waals surface area contributed by atoms with Crippen molar-refractivity contribution in [2.45, 2.75) is 50.4 Å². The van der Waals surface area contributed by atoms with Crippen LogP contribution in [0.3, 0.4) is 0 Å². The highest BCUT2D eigenvalue weighted by Crippen LogP contribution is 2.32. The molecule has 4 rings (SSSR count). The molecule has 0 unspecified atom stereocenters. The summed E-state index contributed by atoms with van der Waals surface area (Å²) >= 11 is 0. The Kier molecular flexibility index (Phi) is 5.16. The molecule has 0 atom stereocenters. The number of piperidine rings is 1. The first-order chi connectivity index (χ1) is 13.8. The fourth-order valence-corrected chi connectivity index (χ4v) is 5.75. The largest absolute Gasteiger partial charge is 0.419 e. The number of urea groups is 1. The van der Waals surface area contributed by atoms with Gasteiger partial charge in [-0.05, 0) is 44.7 Å². The fraction of sp³-hybridized carbons (Fsp3) is 0.579. The zero-order valence-electron chi connectivity index (χ0n) is 16.6. The number of fused-ring (bicyclic) bond motifs is 1. The monoisotopic (exact) mass is 422 g/mol. The normalized spacial score (nSPS) is 18.8. The molecule has 2 heterocycles. The van der Waals surface area contributed by atoms with E-state index in [0.29, 0.717) is 49.3 Å². The van der Waals surface area contributed by atoms with Crippen molar-refractivity contribution in [1.29, 1.82) is 0 Å². The third-order valence-corrected chi connectivity index (χ3v) is 8.23. The predicted molar refractivity (Wildman–Crippen MR) is 109 cm³/mol. The minimum absolute atomic E-state index is 0.0245. The molecule has 9 nitrogen and oxygen atoms in total. The number of rotatable bonds is 5. The Morgan fingerprint density at radius 2 is 1.93 bits per heavy atom. The molecule has 2 aliphatic rings. The standard InChI is InChI=1S/C19H26N4O5S/c1-3-23-16-7-4-13(12-17(16)28-19(23)25)20-18(24)21(2)14-8-10-22(11-9-14)29(26,27)15-5-6-15/h4,7,12,14-15H,3,5-6,8-11H2,1-2H3,(H,20,24). The van der Waals surface area contributed by atoms with Gasteiger partial charge < -0.3 is 14.6 Å². The molecule has 2 amide bonds. The van der Waals surface area contributed by atoms with Crippen LogP contribution >= 0.6 is 0 Å². The maximum absolute atomic E-state index is 12.7. The van der Waals surface area contributed by atoms with Gasteiger partial charge in [0.25, 0.3) is 0 Å². The number of amides is 2. The molecule has 1 saturated carbocycles. The molecule has 0 spiro atoms. The van der Waals surface area contributed by atoms with Crippen LogP contribution in [0.1, 0.15) is 32.6 Å². The summed E-state index contributed by atoms with van der Waals surface area (Å²) in [5, 5.41) is 2.63. The van der Waals surface area contributed by atoms with Crippen LogP contribution in [0.15, 0.2) is 27.4 Å². The van der Waals surface area contributed by atoms with E-state index in [4.69, 9.17) is 4.42 Å². The number of carbonyl (C=O) groups is 1. The molecule has 2 fully saturated rings. The smallest absolute Gasteiger partial charge is 0.408 e. The zero-order valence-corrected chi connectivity index (χ0v) is 17.4. The van der Waals surface area contributed by atoms with Crippen LogP contribution in [-0.2, 0) is 16.6 Å². The number of sulfonamides is 1. The Morgan fingerprint density at radius 1 is 1.24 bits per heavy atom. The Morgan fingerprint density at radius 3 is 2.55 bits per heavy atom. The van der Waals surface area contributed by atoms with E-state index in [0.717, 1.165) is 12.8 Å². The van der Waals surface area contributed by atoms with Gasteiger partial charge in [-0.15, -0.1) is 0 Å². The van der Waals surface area contributed by atoms with Gasteiger partial charge in [0.2, 0.25) is 10.0 Å². The van der Waals surface area contributed by atoms with Crippen LogP contribution in [0.2, 0.25) is 0 Å². The second kappa shape index (κ2) is 7.49. The van der Waals surface area contributed by atoms with Gasteiger partial charge in [-0.1, -0.05) is 0 Å². The molecule has 0 bridgehead atoms. The van der Waals surface area contributed by atoms with E-state index in [1.165, 1.54) is 4.57 Å². The molecule has 2 aromatic rings. The number of carbonyl (C=O) groups excluding carboxylic acids is 1. The summed E-state index contributed by atoms with van der Waals surface area (Å²) in [5.41, 5.74) is 1.66. The van der Waals surface area contributed by atoms with Gasteiger partial charge in [0.1, 0.15) is 0 Å². The van der Waals surface area contributed by atoms with Gasteiger partial charge in [-0.25, -0.2) is 22.3 Å². The van der Waals surface area contributed by atoms with Crippen LogP contribution < -0.4 is 11.1 Å². The molecule has 158 valence electrons. The molecule has 0 radical (unpaired) electrons. The van der Waals surface area contributed by atoms with Crippen molar-refractivity contribution < 1.29 is 17.6 Å². The lowest BCUT2D eigenvalue weighted by Crippen LogP contribution is -2.48. The average Bonchev–Trinajstić information content (AvgIpc) is 3.51. The molecule has 10 heteroatoms. The van der Waals surface area contributed by atoms with Gasteiger partial charge in [0.15, 0.2) is 5.58 Å². The van der Waals surface area contributed by atoms with Crippen molar-refractivity contribution in [3.8, 4) is 0 Å². The Hall–Kier alpha value is -2.33. The lowest BCUT2D eigenvalue weighted by molar-refractivity contribution is 0.174. The van der Waals surface area contributed by atoms with Crippen LogP contribution in [-0.4, -0.2) is 59.7 Å². The minimum atomic E-state index is -3.16. The lowest BCUT2D eigenvalue weighted by Gasteiger charge is -2.36. The van der Waals surface area contributed by atoms with Crippen LogP contribution in [0.25, 0.3) is 11.1 Å². The van der Waals surface area contributed by atoms with Gasteiger partial charge in [-0.3, -0.25) is 4.57 Å². The van der Waals surface area contributed by atoms with Gasteiger partial charge in [0.05, 0.1) is 10.8 Å². The third kappa shape index (κ3) is 3.78. The number of aromatic nitrogens is 1. The quantitative estimate of drug-likeness (QED) is 0.794. The molecule has 1 aromatic carbocycles. The number of oxazole rings is 1. The number of nitrogens with one attached hydrogen (secondary N) is 1. The molecular formula is C19H26N4O5S. The third-order valence-electron chi connectivity index (χ3n) is 5.83. The maximum Gasteiger partial charge on any atom is 0.419 e. The molecule has 1 aromatic heterocycles. The Bertz CT molecular complexity index is 1080. The van der Waals surface area contributed by atoms with E-state index in [-0.39, 0.29) is 17.3 Å². The van der Waals surface area contributed by atoms with E-state index >= 15 is 0 Å². The van der Waals surface area contributed by atoms with Gasteiger partial charge in [0, 0.05) is 44.5 Å². The van der Waals surface area contributed by atoms with E-state index in [1.54, 1.807) is 34.5 Å². The SMILES string of the molecule is CCn1c(=O)oc2cc(NC(=O)N(C)C3CCN(S(=O)(=O)C4CC4)CC3)ccc21. The minimum Gasteiger partial charge on any atom is -0.408 e. The van der Waals surface area contributed by atoms with Gasteiger partial charge in [-0.2, -0.15) is 0 Å². The molecule has 1 aliphatic carbocycles. The maximum atomic E-state index is 12.7. The molecule has 1 saturated heterocycles. The second-order valence-corrected chi connectivity index (χ2v) is 9.92. The number of hydrogen-bond acceptors (Lipinski definition) is 5. The summed E-state index contributed by atoms with van der Waals surface area (Å²) in [6.45, 7) is 3.27. The summed E-state index contributed by atoms with van der Waals surface area (Å²) in [5.74, 6) is -0.420. The second-order valence-electron chi connectivity index (χ2n) is 7.71. The number of nitrogens with zero attached hydrogens (tertiary/aromatic N) is 3. The first-order valence-electron chi connectivity index (χ1n) is 9.97. The topological polar surface area (TPSA) is 105 Å². The number of anilines is 1. The first-order valence-corrected chi connectivity index (χ1v) is 11.5. The lowest BCUT2D eigenvalue weighted by atomic mass is 10.1. The summed E-state index contributed by atoms with van der Waals surface area (Å²) < 4.78 is 33.0. The van der Waals surface area contributed by atoms with Crippen LogP contribution in [0, 0.1) is 0 Å². The summed E-state index contributed by atoms with van der Waals surface area (Å²) in [4.78, 5) is 26.1. The number of hydrogen-bond donors (Lipinski definition) is 1. The molecule has 1 N–H and O–H groups in total. The summed E-state index contributed by atoms with van der Waals surface area (Å²) in [7, 11) is -1.44. The van der Waals surface area contributed by atoms with Crippen molar-refractivity contribution in [3.63, 3.8) is 0 Å². The van der Waals surface area contributed by atoms with Crippen molar-refractivity contribution >= 4 is 32.8 Å². The molecular weight excluding hydrogens is 396 g/mol. The number of aryl methyl sites for hydroxylation is 1. The summed E-state index contributed by atoms with van der Waals surface area (Å²) in [6.07, 6.45) is 2.75. The van der Waals surface area contributed by atoms with E-state index < -0.39 is 15.8 Å². The van der Waals surface area contributed by atoms with Crippen LogP contribution in [0.5, 0.6) is 0 Å². The van der Waals surface area contributed by atoms with Crippen molar-refractivity contribution in [1.82, 2.24) is 13.8 Å². The van der Waals surface area contributed by atoms with Crippen molar-refractivity contribution in [3.05, 3.63) is 28.7 Å². The predicted octanol–water partition coefficient (Wildman–Crippen LogP) is 2.03. The fourth-order valence-electron chi connectivity index (χ4n) is 3.88. The Balaban J connectivity index is 1.38. The molecule has 1 aliphatic heterocycles. The average molecular weight is 423 g/mol. The van der Waals surface area contributed by atoms with E-state index in [9.17, 15) is 18.0 Å². The van der Waals surface area contributed by atoms with Crippen molar-refractivity contribution in [2.24, 2.45) is 0 Å². The Labute approximate surface area is 169 Å². The summed E-state index contributed by atoms with van der Waals surface area (Å²) in [6, 6.07) is 4.83. The zero-order chi connectivity index (χ0) is 20.8. The highest BCUT2D eigenvalue weighted by atomic mass is 32.2. The van der Waals surface area contributed by atoms with E-state index in [1.807, 2.05) is 6.92 Å². The van der Waals surface area contributed by atoms with E-state index in [2.05, 4.69) is 5.32 Å². The highest BCUT2D eigenvalue weighted by molar-refractivity contribution is 7.90.